The molecular formula is C7H11N. The molecular weight excluding hydrogens is 98.1 g/mol. The molecule has 0 saturated heterocycles. The van der Waals surface area contributed by atoms with Crippen molar-refractivity contribution in [2.45, 2.75) is 13.8 Å². The summed E-state index contributed by atoms with van der Waals surface area (Å²) in [6.07, 6.45) is 5.34. The number of allylic oxidation sites excluding steroid dienone is 3. The summed E-state index contributed by atoms with van der Waals surface area (Å²) >= 11 is 0. The van der Waals surface area contributed by atoms with Crippen molar-refractivity contribution in [1.82, 2.24) is 0 Å². The van der Waals surface area contributed by atoms with Crippen molar-refractivity contribution < 1.29 is 0 Å². The molecule has 0 aromatic heterocycles. The van der Waals surface area contributed by atoms with Crippen LogP contribution in [0.4, 0.5) is 0 Å². The maximum absolute atomic E-state index is 3.98. The van der Waals surface area contributed by atoms with E-state index < -0.39 is 0 Å². The van der Waals surface area contributed by atoms with E-state index in [0.717, 1.165) is 5.70 Å². The lowest BCUT2D eigenvalue weighted by Crippen LogP contribution is -1.65. The number of hydrogen-bond donors (Lipinski definition) is 0. The van der Waals surface area contributed by atoms with Gasteiger partial charge in [0.05, 0.1) is 0 Å². The van der Waals surface area contributed by atoms with Gasteiger partial charge in [0.2, 0.25) is 0 Å². The molecule has 0 aliphatic carbocycles. The van der Waals surface area contributed by atoms with Gasteiger partial charge < -0.3 is 0 Å². The van der Waals surface area contributed by atoms with Crippen LogP contribution in [0.2, 0.25) is 0 Å². The zero-order valence-corrected chi connectivity index (χ0v) is 5.39. The Kier molecular flexibility index (Phi) is 3.85. The highest BCUT2D eigenvalue weighted by Gasteiger charge is 1.72. The molecule has 0 spiro atoms. The van der Waals surface area contributed by atoms with E-state index in [4.69, 9.17) is 0 Å². The largest absolute Gasteiger partial charge is 0.266 e. The van der Waals surface area contributed by atoms with E-state index in [1.165, 1.54) is 0 Å². The molecule has 0 aromatic carbocycles. The topological polar surface area (TPSA) is 12.4 Å². The van der Waals surface area contributed by atoms with Gasteiger partial charge in [-0.1, -0.05) is 12.7 Å². The Labute approximate surface area is 50.4 Å². The summed E-state index contributed by atoms with van der Waals surface area (Å²) in [5.41, 5.74) is 0.988. The first-order chi connectivity index (χ1) is 3.81. The normalized spacial score (nSPS) is 12.5. The lowest BCUT2D eigenvalue weighted by Gasteiger charge is -1.83. The van der Waals surface area contributed by atoms with Crippen molar-refractivity contribution in [2.75, 3.05) is 0 Å². The van der Waals surface area contributed by atoms with Gasteiger partial charge in [-0.05, 0) is 19.9 Å². The van der Waals surface area contributed by atoms with Gasteiger partial charge in [0.25, 0.3) is 0 Å². The summed E-state index contributed by atoms with van der Waals surface area (Å²) in [5, 5.41) is 0. The van der Waals surface area contributed by atoms with Crippen LogP contribution in [-0.2, 0) is 0 Å². The van der Waals surface area contributed by atoms with E-state index in [1.54, 1.807) is 12.3 Å². The smallest absolute Gasteiger partial charge is 0.0368 e. The fraction of sp³-hybridized carbons (Fsp3) is 0.286. The van der Waals surface area contributed by atoms with E-state index in [2.05, 4.69) is 11.6 Å². The van der Waals surface area contributed by atoms with E-state index in [9.17, 15) is 0 Å². The second-order valence-electron chi connectivity index (χ2n) is 1.43. The molecule has 0 amide bonds. The summed E-state index contributed by atoms with van der Waals surface area (Å²) in [7, 11) is 0. The molecule has 44 valence electrons. The van der Waals surface area contributed by atoms with Crippen LogP contribution in [0, 0.1) is 0 Å². The van der Waals surface area contributed by atoms with Crippen molar-refractivity contribution in [1.29, 1.82) is 0 Å². The van der Waals surface area contributed by atoms with Gasteiger partial charge in [0.1, 0.15) is 0 Å². The van der Waals surface area contributed by atoms with Gasteiger partial charge in [0, 0.05) is 11.9 Å². The highest BCUT2D eigenvalue weighted by atomic mass is 14.7. The monoisotopic (exact) mass is 109 g/mol. The quantitative estimate of drug-likeness (QED) is 0.380. The highest BCUT2D eigenvalue weighted by Crippen LogP contribution is 1.91. The maximum Gasteiger partial charge on any atom is 0.0368 e. The molecule has 0 aromatic rings. The third-order valence-corrected chi connectivity index (χ3v) is 0.692. The van der Waals surface area contributed by atoms with Crippen LogP contribution in [-0.4, -0.2) is 6.21 Å². The number of rotatable bonds is 2. The second-order valence-corrected chi connectivity index (χ2v) is 1.43. The van der Waals surface area contributed by atoms with Gasteiger partial charge in [0.15, 0.2) is 0 Å². The lowest BCUT2D eigenvalue weighted by molar-refractivity contribution is 1.31. The number of hydrogen-bond acceptors (Lipinski definition) is 1. The first-order valence-corrected chi connectivity index (χ1v) is 2.59. The Morgan fingerprint density at radius 3 is 2.62 bits per heavy atom. The van der Waals surface area contributed by atoms with Crippen LogP contribution >= 0.6 is 0 Å². The van der Waals surface area contributed by atoms with Gasteiger partial charge >= 0.3 is 0 Å². The molecule has 8 heavy (non-hydrogen) atoms. The third kappa shape index (κ3) is 3.34. The van der Waals surface area contributed by atoms with Crippen LogP contribution in [0.25, 0.3) is 0 Å². The van der Waals surface area contributed by atoms with Crippen LogP contribution in [0.3, 0.4) is 0 Å². The van der Waals surface area contributed by atoms with Crippen molar-refractivity contribution in [3.05, 3.63) is 24.4 Å². The summed E-state index contributed by atoms with van der Waals surface area (Å²) in [6.45, 7) is 7.35. The summed E-state index contributed by atoms with van der Waals surface area (Å²) in [4.78, 5) is 3.98. The standard InChI is InChI=1S/C7H11N/c1-4-6-7(3)8-5-2/h4-6H,1H2,2-3H3. The Morgan fingerprint density at radius 2 is 2.25 bits per heavy atom. The van der Waals surface area contributed by atoms with Gasteiger partial charge in [-0.3, -0.25) is 4.99 Å². The molecule has 0 heterocycles. The molecule has 0 aliphatic heterocycles. The fourth-order valence-electron chi connectivity index (χ4n) is 0.417. The highest BCUT2D eigenvalue weighted by molar-refractivity contribution is 5.55. The van der Waals surface area contributed by atoms with Crippen molar-refractivity contribution in [3.8, 4) is 0 Å². The molecule has 1 nitrogen and oxygen atoms in total. The van der Waals surface area contributed by atoms with E-state index in [1.807, 2.05) is 19.9 Å². The minimum Gasteiger partial charge on any atom is -0.266 e. The van der Waals surface area contributed by atoms with Crippen LogP contribution < -0.4 is 0 Å². The molecule has 0 radical (unpaired) electrons. The molecule has 0 saturated carbocycles. The van der Waals surface area contributed by atoms with Crippen LogP contribution in [0.15, 0.2) is 29.4 Å². The van der Waals surface area contributed by atoms with E-state index in [-0.39, 0.29) is 0 Å². The number of aliphatic imine (C=N–C) groups is 1. The summed E-state index contributed by atoms with van der Waals surface area (Å²) in [6, 6.07) is 0. The molecule has 0 N–H and O–H groups in total. The molecule has 0 bridgehead atoms. The van der Waals surface area contributed by atoms with Gasteiger partial charge in [-0.2, -0.15) is 0 Å². The third-order valence-electron chi connectivity index (χ3n) is 0.692. The minimum absolute atomic E-state index is 0.988. The Bertz CT molecular complexity index is 120. The SMILES string of the molecule is C=CC=C(C)N=CC. The predicted octanol–water partition coefficient (Wildman–Crippen LogP) is 2.17. The predicted molar refractivity (Wildman–Crippen MR) is 38.1 cm³/mol. The zero-order valence-electron chi connectivity index (χ0n) is 5.39. The first kappa shape index (κ1) is 7.15. The van der Waals surface area contributed by atoms with Crippen LogP contribution in [0.5, 0.6) is 0 Å². The first-order valence-electron chi connectivity index (χ1n) is 2.59. The zero-order chi connectivity index (χ0) is 6.41. The summed E-state index contributed by atoms with van der Waals surface area (Å²) in [5.74, 6) is 0. The van der Waals surface area contributed by atoms with E-state index >= 15 is 0 Å². The van der Waals surface area contributed by atoms with Crippen molar-refractivity contribution >= 4 is 6.21 Å². The molecule has 1 heteroatoms. The van der Waals surface area contributed by atoms with Crippen LogP contribution in [0.1, 0.15) is 13.8 Å². The average molecular weight is 109 g/mol. The maximum atomic E-state index is 3.98. The average Bonchev–Trinajstić information content (AvgIpc) is 1.68. The summed E-state index contributed by atoms with van der Waals surface area (Å²) < 4.78 is 0. The van der Waals surface area contributed by atoms with Gasteiger partial charge in [-0.15, -0.1) is 0 Å². The van der Waals surface area contributed by atoms with Crippen molar-refractivity contribution in [3.63, 3.8) is 0 Å². The second kappa shape index (κ2) is 4.31. The minimum atomic E-state index is 0.988. The molecule has 0 aliphatic rings. The Morgan fingerprint density at radius 1 is 1.62 bits per heavy atom. The number of nitrogens with zero attached hydrogens (tertiary/aromatic N) is 1. The lowest BCUT2D eigenvalue weighted by atomic mass is 10.4. The molecule has 0 atom stereocenters. The van der Waals surface area contributed by atoms with Crippen molar-refractivity contribution in [2.24, 2.45) is 4.99 Å². The molecule has 0 unspecified atom stereocenters. The Hall–Kier alpha value is -0.850. The molecule has 0 fully saturated rings. The fourth-order valence-corrected chi connectivity index (χ4v) is 0.417. The Balaban J connectivity index is 3.79. The van der Waals surface area contributed by atoms with E-state index in [0.29, 0.717) is 0 Å². The van der Waals surface area contributed by atoms with Gasteiger partial charge in [-0.25, -0.2) is 0 Å². The molecule has 0 rings (SSSR count).